The highest BCUT2D eigenvalue weighted by molar-refractivity contribution is 7.99. The van der Waals surface area contributed by atoms with Gasteiger partial charge in [0.25, 0.3) is 0 Å². The second-order valence-corrected chi connectivity index (χ2v) is 6.01. The highest BCUT2D eigenvalue weighted by Crippen LogP contribution is 2.27. The summed E-state index contributed by atoms with van der Waals surface area (Å²) < 4.78 is 0. The molecule has 0 atom stereocenters. The van der Waals surface area contributed by atoms with Crippen molar-refractivity contribution in [3.63, 3.8) is 0 Å². The first-order valence-corrected chi connectivity index (χ1v) is 7.82. The summed E-state index contributed by atoms with van der Waals surface area (Å²) >= 11 is 13.6. The van der Waals surface area contributed by atoms with Crippen LogP contribution in [0.15, 0.2) is 53.4 Å². The molecule has 2 aromatic carbocycles. The van der Waals surface area contributed by atoms with Crippen LogP contribution in [0.3, 0.4) is 0 Å². The largest absolute Gasteiger partial charge is 0.325 e. The minimum absolute atomic E-state index is 0.0577. The molecule has 5 heteroatoms. The van der Waals surface area contributed by atoms with Gasteiger partial charge in [-0.2, -0.15) is 0 Å². The maximum absolute atomic E-state index is 11.8. The first kappa shape index (κ1) is 15.2. The number of carbonyl (C=O) groups is 1. The first-order valence-electron chi connectivity index (χ1n) is 6.08. The number of benzene rings is 2. The monoisotopic (exact) mass is 325 g/mol. The van der Waals surface area contributed by atoms with Gasteiger partial charge < -0.3 is 5.32 Å². The van der Waals surface area contributed by atoms with Crippen LogP contribution in [0.25, 0.3) is 0 Å². The molecule has 20 heavy (non-hydrogen) atoms. The third kappa shape index (κ3) is 4.44. The van der Waals surface area contributed by atoms with Crippen LogP contribution in [0.1, 0.15) is 6.42 Å². The molecule has 0 heterocycles. The summed E-state index contributed by atoms with van der Waals surface area (Å²) in [7, 11) is 0. The number of hydrogen-bond acceptors (Lipinski definition) is 2. The van der Waals surface area contributed by atoms with Crippen LogP contribution >= 0.6 is 35.0 Å². The number of carbonyl (C=O) groups excluding carboxylic acids is 1. The number of para-hydroxylation sites is 1. The quantitative estimate of drug-likeness (QED) is 0.773. The Balaban J connectivity index is 1.82. The van der Waals surface area contributed by atoms with Crippen molar-refractivity contribution in [1.82, 2.24) is 0 Å². The number of halogens is 2. The molecular formula is C15H13Cl2NOS. The maximum Gasteiger partial charge on any atom is 0.225 e. The van der Waals surface area contributed by atoms with Gasteiger partial charge >= 0.3 is 0 Å². The van der Waals surface area contributed by atoms with Crippen molar-refractivity contribution in [1.29, 1.82) is 0 Å². The van der Waals surface area contributed by atoms with E-state index in [9.17, 15) is 4.79 Å². The Morgan fingerprint density at radius 1 is 1.00 bits per heavy atom. The molecule has 1 N–H and O–H groups in total. The Kier molecular flexibility index (Phi) is 5.77. The minimum Gasteiger partial charge on any atom is -0.325 e. The molecule has 104 valence electrons. The van der Waals surface area contributed by atoms with Crippen LogP contribution in [0.4, 0.5) is 5.69 Å². The number of hydrogen-bond donors (Lipinski definition) is 1. The van der Waals surface area contributed by atoms with Gasteiger partial charge in [-0.05, 0) is 24.3 Å². The molecule has 0 radical (unpaired) electrons. The van der Waals surface area contributed by atoms with Crippen LogP contribution in [0, 0.1) is 0 Å². The van der Waals surface area contributed by atoms with E-state index in [1.807, 2.05) is 36.4 Å². The zero-order valence-electron chi connectivity index (χ0n) is 10.6. The normalized spacial score (nSPS) is 10.3. The maximum atomic E-state index is 11.8. The standard InChI is InChI=1S/C15H13Cl2NOS/c16-11-5-1-3-7-13(11)18-15(19)9-10-20-14-8-4-2-6-12(14)17/h1-8H,9-10H2,(H,18,19). The van der Waals surface area contributed by atoms with Crippen molar-refractivity contribution >= 4 is 46.6 Å². The zero-order valence-corrected chi connectivity index (χ0v) is 12.9. The molecule has 0 unspecified atom stereocenters. The molecule has 0 fully saturated rings. The fraction of sp³-hybridized carbons (Fsp3) is 0.133. The van der Waals surface area contributed by atoms with Crippen LogP contribution in [0.5, 0.6) is 0 Å². The highest BCUT2D eigenvalue weighted by Gasteiger charge is 2.06. The summed E-state index contributed by atoms with van der Waals surface area (Å²) in [6.45, 7) is 0. The third-order valence-electron chi connectivity index (χ3n) is 2.57. The van der Waals surface area contributed by atoms with Gasteiger partial charge in [0.05, 0.1) is 15.7 Å². The van der Waals surface area contributed by atoms with Gasteiger partial charge in [-0.1, -0.05) is 47.5 Å². The number of anilines is 1. The fourth-order valence-corrected chi connectivity index (χ4v) is 2.96. The molecule has 0 aromatic heterocycles. The van der Waals surface area contributed by atoms with Crippen LogP contribution in [0.2, 0.25) is 10.0 Å². The van der Waals surface area contributed by atoms with E-state index in [0.717, 1.165) is 4.90 Å². The molecule has 0 spiro atoms. The van der Waals surface area contributed by atoms with E-state index < -0.39 is 0 Å². The fourth-order valence-electron chi connectivity index (χ4n) is 1.59. The van der Waals surface area contributed by atoms with Crippen molar-refractivity contribution in [2.45, 2.75) is 11.3 Å². The Bertz CT molecular complexity index is 604. The van der Waals surface area contributed by atoms with E-state index in [0.29, 0.717) is 27.9 Å². The second-order valence-electron chi connectivity index (χ2n) is 4.06. The molecule has 1 amide bonds. The van der Waals surface area contributed by atoms with Gasteiger partial charge in [-0.3, -0.25) is 4.79 Å². The molecule has 0 bridgehead atoms. The van der Waals surface area contributed by atoms with Gasteiger partial charge in [0.1, 0.15) is 0 Å². The van der Waals surface area contributed by atoms with Crippen molar-refractivity contribution in [3.05, 3.63) is 58.6 Å². The van der Waals surface area contributed by atoms with Crippen LogP contribution < -0.4 is 5.32 Å². The SMILES string of the molecule is O=C(CCSc1ccccc1Cl)Nc1ccccc1Cl. The topological polar surface area (TPSA) is 29.1 Å². The Morgan fingerprint density at radius 3 is 2.35 bits per heavy atom. The van der Waals surface area contributed by atoms with Gasteiger partial charge in [-0.25, -0.2) is 0 Å². The molecule has 0 saturated carbocycles. The molecule has 2 aromatic rings. The van der Waals surface area contributed by atoms with Crippen LogP contribution in [-0.2, 0) is 4.79 Å². The first-order chi connectivity index (χ1) is 9.66. The van der Waals surface area contributed by atoms with Crippen molar-refractivity contribution < 1.29 is 4.79 Å². The lowest BCUT2D eigenvalue weighted by atomic mass is 10.3. The molecule has 0 aliphatic heterocycles. The zero-order chi connectivity index (χ0) is 14.4. The number of amides is 1. The number of thioether (sulfide) groups is 1. The van der Waals surface area contributed by atoms with E-state index >= 15 is 0 Å². The average Bonchev–Trinajstić information content (AvgIpc) is 2.43. The van der Waals surface area contributed by atoms with E-state index in [1.54, 1.807) is 23.9 Å². The lowest BCUT2D eigenvalue weighted by molar-refractivity contribution is -0.115. The lowest BCUT2D eigenvalue weighted by Gasteiger charge is -2.07. The summed E-state index contributed by atoms with van der Waals surface area (Å²) in [5.41, 5.74) is 0.641. The van der Waals surface area contributed by atoms with Gasteiger partial charge in [0.15, 0.2) is 0 Å². The average molecular weight is 326 g/mol. The summed E-state index contributed by atoms with van der Waals surface area (Å²) in [5.74, 6) is 0.609. The molecule has 0 aliphatic rings. The van der Waals surface area contributed by atoms with E-state index in [1.165, 1.54) is 0 Å². The highest BCUT2D eigenvalue weighted by atomic mass is 35.5. The van der Waals surface area contributed by atoms with E-state index in [2.05, 4.69) is 5.32 Å². The summed E-state index contributed by atoms with van der Waals surface area (Å²) in [6, 6.07) is 14.8. The Hall–Kier alpha value is -1.16. The minimum atomic E-state index is -0.0577. The van der Waals surface area contributed by atoms with Crippen LogP contribution in [-0.4, -0.2) is 11.7 Å². The molecule has 2 rings (SSSR count). The van der Waals surface area contributed by atoms with Crippen molar-refractivity contribution in [2.75, 3.05) is 11.1 Å². The van der Waals surface area contributed by atoms with Crippen molar-refractivity contribution in [2.24, 2.45) is 0 Å². The summed E-state index contributed by atoms with van der Waals surface area (Å²) in [5, 5.41) is 4.05. The van der Waals surface area contributed by atoms with Gasteiger partial charge in [-0.15, -0.1) is 11.8 Å². The summed E-state index contributed by atoms with van der Waals surface area (Å²) in [6.07, 6.45) is 0.404. The van der Waals surface area contributed by atoms with E-state index in [4.69, 9.17) is 23.2 Å². The van der Waals surface area contributed by atoms with Crippen molar-refractivity contribution in [3.8, 4) is 0 Å². The van der Waals surface area contributed by atoms with Gasteiger partial charge in [0, 0.05) is 17.1 Å². The molecule has 2 nitrogen and oxygen atoms in total. The number of nitrogens with one attached hydrogen (secondary N) is 1. The Morgan fingerprint density at radius 2 is 1.65 bits per heavy atom. The second kappa shape index (κ2) is 7.58. The third-order valence-corrected chi connectivity index (χ3v) is 4.42. The molecule has 0 saturated heterocycles. The predicted octanol–water partition coefficient (Wildman–Crippen LogP) is 5.11. The number of rotatable bonds is 5. The Labute approximate surface area is 132 Å². The lowest BCUT2D eigenvalue weighted by Crippen LogP contribution is -2.12. The molecular weight excluding hydrogens is 313 g/mol. The smallest absolute Gasteiger partial charge is 0.225 e. The predicted molar refractivity (Wildman–Crippen MR) is 86.9 cm³/mol. The summed E-state index contributed by atoms with van der Waals surface area (Å²) in [4.78, 5) is 12.8. The molecule has 0 aliphatic carbocycles. The van der Waals surface area contributed by atoms with Gasteiger partial charge in [0.2, 0.25) is 5.91 Å². The van der Waals surface area contributed by atoms with E-state index in [-0.39, 0.29) is 5.91 Å².